The van der Waals surface area contributed by atoms with Crippen LogP contribution in [-0.2, 0) is 0 Å². The second-order valence-electron chi connectivity index (χ2n) is 4.25. The summed E-state index contributed by atoms with van der Waals surface area (Å²) in [5.74, 6) is 0.842. The summed E-state index contributed by atoms with van der Waals surface area (Å²) in [5, 5.41) is 3.97. The highest BCUT2D eigenvalue weighted by molar-refractivity contribution is 6.29. The molecule has 0 saturated heterocycles. The molecular formula is C12H17ClN2. The first-order valence-electron chi connectivity index (χ1n) is 5.70. The van der Waals surface area contributed by atoms with Crippen molar-refractivity contribution in [2.45, 2.75) is 32.1 Å². The maximum atomic E-state index is 5.72. The highest BCUT2D eigenvalue weighted by Crippen LogP contribution is 2.23. The zero-order valence-electron chi connectivity index (χ0n) is 8.88. The van der Waals surface area contributed by atoms with Gasteiger partial charge in [-0.1, -0.05) is 30.9 Å². The smallest absolute Gasteiger partial charge is 0.129 e. The fourth-order valence-electron chi connectivity index (χ4n) is 2.13. The molecular weight excluding hydrogens is 208 g/mol. The Morgan fingerprint density at radius 1 is 1.27 bits per heavy atom. The fourth-order valence-corrected chi connectivity index (χ4v) is 2.25. The predicted octanol–water partition coefficient (Wildman–Crippen LogP) is 3.73. The van der Waals surface area contributed by atoms with Gasteiger partial charge in [-0.05, 0) is 30.9 Å². The van der Waals surface area contributed by atoms with Crippen LogP contribution < -0.4 is 5.32 Å². The van der Waals surface area contributed by atoms with Gasteiger partial charge in [0.2, 0.25) is 0 Å². The summed E-state index contributed by atoms with van der Waals surface area (Å²) in [5.41, 5.74) is 1.07. The maximum Gasteiger partial charge on any atom is 0.129 e. The quantitative estimate of drug-likeness (QED) is 0.792. The largest absolute Gasteiger partial charge is 0.384 e. The third-order valence-corrected chi connectivity index (χ3v) is 3.27. The Morgan fingerprint density at radius 3 is 2.73 bits per heavy atom. The van der Waals surface area contributed by atoms with Gasteiger partial charge < -0.3 is 5.32 Å². The molecule has 0 radical (unpaired) electrons. The summed E-state index contributed by atoms with van der Waals surface area (Å²) in [6.07, 6.45) is 8.74. The van der Waals surface area contributed by atoms with Crippen LogP contribution in [0.25, 0.3) is 0 Å². The fraction of sp³-hybridized carbons (Fsp3) is 0.583. The van der Waals surface area contributed by atoms with Crippen LogP contribution in [0, 0.1) is 5.92 Å². The molecule has 1 aliphatic rings. The Morgan fingerprint density at radius 2 is 2.07 bits per heavy atom. The molecule has 1 saturated carbocycles. The highest BCUT2D eigenvalue weighted by Gasteiger charge is 2.12. The van der Waals surface area contributed by atoms with Crippen LogP contribution in [0.15, 0.2) is 18.3 Å². The number of halogens is 1. The van der Waals surface area contributed by atoms with Crippen molar-refractivity contribution >= 4 is 17.3 Å². The van der Waals surface area contributed by atoms with Crippen LogP contribution in [-0.4, -0.2) is 11.5 Å². The summed E-state index contributed by atoms with van der Waals surface area (Å²) in [6.45, 7) is 1.07. The van der Waals surface area contributed by atoms with E-state index in [0.717, 1.165) is 18.2 Å². The van der Waals surface area contributed by atoms with Gasteiger partial charge in [0.1, 0.15) is 5.15 Å². The summed E-state index contributed by atoms with van der Waals surface area (Å²) >= 11 is 5.72. The van der Waals surface area contributed by atoms with Crippen LogP contribution in [0.5, 0.6) is 0 Å². The lowest BCUT2D eigenvalue weighted by Gasteiger charge is -2.22. The van der Waals surface area contributed by atoms with Crippen LogP contribution in [0.3, 0.4) is 0 Å². The van der Waals surface area contributed by atoms with Crippen LogP contribution in [0.2, 0.25) is 5.15 Å². The molecule has 0 amide bonds. The third kappa shape index (κ3) is 3.38. The Kier molecular flexibility index (Phi) is 3.84. The molecule has 1 aromatic rings. The number of nitrogens with one attached hydrogen (secondary N) is 1. The average Bonchev–Trinajstić information content (AvgIpc) is 2.30. The van der Waals surface area contributed by atoms with E-state index in [-0.39, 0.29) is 0 Å². The van der Waals surface area contributed by atoms with E-state index in [9.17, 15) is 0 Å². The summed E-state index contributed by atoms with van der Waals surface area (Å²) < 4.78 is 0. The lowest BCUT2D eigenvalue weighted by Crippen LogP contribution is -2.17. The second kappa shape index (κ2) is 5.36. The molecule has 15 heavy (non-hydrogen) atoms. The van der Waals surface area contributed by atoms with E-state index in [1.807, 2.05) is 12.1 Å². The lowest BCUT2D eigenvalue weighted by atomic mass is 9.89. The first kappa shape index (κ1) is 10.7. The lowest BCUT2D eigenvalue weighted by molar-refractivity contribution is 0.373. The van der Waals surface area contributed by atoms with Gasteiger partial charge in [-0.15, -0.1) is 0 Å². The molecule has 0 spiro atoms. The molecule has 1 aromatic heterocycles. The van der Waals surface area contributed by atoms with E-state index in [1.54, 1.807) is 6.20 Å². The SMILES string of the molecule is Clc1ccc(NCC2CCCCC2)cn1. The van der Waals surface area contributed by atoms with Gasteiger partial charge in [0.05, 0.1) is 11.9 Å². The number of rotatable bonds is 3. The minimum Gasteiger partial charge on any atom is -0.384 e. The minimum absolute atomic E-state index is 0.554. The summed E-state index contributed by atoms with van der Waals surface area (Å²) in [4.78, 5) is 4.05. The molecule has 82 valence electrons. The Labute approximate surface area is 96.1 Å². The zero-order chi connectivity index (χ0) is 10.5. The number of pyridine rings is 1. The Hall–Kier alpha value is -0.760. The van der Waals surface area contributed by atoms with Gasteiger partial charge in [0.15, 0.2) is 0 Å². The van der Waals surface area contributed by atoms with Gasteiger partial charge in [0, 0.05) is 6.54 Å². The zero-order valence-corrected chi connectivity index (χ0v) is 9.63. The van der Waals surface area contributed by atoms with Crippen molar-refractivity contribution in [2.75, 3.05) is 11.9 Å². The third-order valence-electron chi connectivity index (χ3n) is 3.05. The first-order chi connectivity index (χ1) is 7.34. The Balaban J connectivity index is 1.79. The predicted molar refractivity (Wildman–Crippen MR) is 64.3 cm³/mol. The number of anilines is 1. The molecule has 0 aromatic carbocycles. The number of hydrogen-bond acceptors (Lipinski definition) is 2. The molecule has 3 heteroatoms. The van der Waals surface area contributed by atoms with Crippen molar-refractivity contribution < 1.29 is 0 Å². The van der Waals surface area contributed by atoms with Crippen LogP contribution >= 0.6 is 11.6 Å². The van der Waals surface area contributed by atoms with E-state index in [0.29, 0.717) is 5.15 Å². The van der Waals surface area contributed by atoms with Crippen molar-refractivity contribution in [1.29, 1.82) is 0 Å². The monoisotopic (exact) mass is 224 g/mol. The normalized spacial score (nSPS) is 17.7. The molecule has 1 N–H and O–H groups in total. The van der Waals surface area contributed by atoms with E-state index in [1.165, 1.54) is 32.1 Å². The second-order valence-corrected chi connectivity index (χ2v) is 4.64. The molecule has 0 atom stereocenters. The standard InChI is InChI=1S/C12H17ClN2/c13-12-7-6-11(9-15-12)14-8-10-4-2-1-3-5-10/h6-7,9-10,14H,1-5,8H2. The molecule has 0 bridgehead atoms. The van der Waals surface area contributed by atoms with Gasteiger partial charge in [-0.3, -0.25) is 0 Å². The van der Waals surface area contributed by atoms with Gasteiger partial charge in [-0.2, -0.15) is 0 Å². The molecule has 1 fully saturated rings. The number of nitrogens with zero attached hydrogens (tertiary/aromatic N) is 1. The van der Waals surface area contributed by atoms with Crippen molar-refractivity contribution in [3.8, 4) is 0 Å². The van der Waals surface area contributed by atoms with E-state index in [4.69, 9.17) is 11.6 Å². The van der Waals surface area contributed by atoms with E-state index >= 15 is 0 Å². The van der Waals surface area contributed by atoms with E-state index < -0.39 is 0 Å². The van der Waals surface area contributed by atoms with Crippen molar-refractivity contribution in [2.24, 2.45) is 5.92 Å². The van der Waals surface area contributed by atoms with Gasteiger partial charge >= 0.3 is 0 Å². The number of hydrogen-bond donors (Lipinski definition) is 1. The van der Waals surface area contributed by atoms with Crippen molar-refractivity contribution in [3.05, 3.63) is 23.5 Å². The molecule has 0 unspecified atom stereocenters. The summed E-state index contributed by atoms with van der Waals surface area (Å²) in [6, 6.07) is 3.81. The van der Waals surface area contributed by atoms with Crippen molar-refractivity contribution in [3.63, 3.8) is 0 Å². The average molecular weight is 225 g/mol. The molecule has 2 nitrogen and oxygen atoms in total. The Bertz CT molecular complexity index is 291. The number of aromatic nitrogens is 1. The topological polar surface area (TPSA) is 24.9 Å². The molecule has 2 rings (SSSR count). The first-order valence-corrected chi connectivity index (χ1v) is 6.08. The molecule has 0 aliphatic heterocycles. The minimum atomic E-state index is 0.554. The molecule has 1 aliphatic carbocycles. The highest BCUT2D eigenvalue weighted by atomic mass is 35.5. The van der Waals surface area contributed by atoms with E-state index in [2.05, 4.69) is 10.3 Å². The maximum absolute atomic E-state index is 5.72. The summed E-state index contributed by atoms with van der Waals surface area (Å²) in [7, 11) is 0. The van der Waals surface area contributed by atoms with Crippen LogP contribution in [0.4, 0.5) is 5.69 Å². The van der Waals surface area contributed by atoms with Gasteiger partial charge in [0.25, 0.3) is 0 Å². The van der Waals surface area contributed by atoms with Gasteiger partial charge in [-0.25, -0.2) is 4.98 Å². The molecule has 1 heterocycles. The van der Waals surface area contributed by atoms with Crippen LogP contribution in [0.1, 0.15) is 32.1 Å². The van der Waals surface area contributed by atoms with Crippen molar-refractivity contribution in [1.82, 2.24) is 4.98 Å².